The summed E-state index contributed by atoms with van der Waals surface area (Å²) < 4.78 is 5.28. The van der Waals surface area contributed by atoms with Crippen molar-refractivity contribution in [3.63, 3.8) is 0 Å². The first-order valence-electron chi connectivity index (χ1n) is 5.62. The van der Waals surface area contributed by atoms with E-state index in [9.17, 15) is 4.79 Å². The van der Waals surface area contributed by atoms with E-state index in [4.69, 9.17) is 9.84 Å². The van der Waals surface area contributed by atoms with Crippen molar-refractivity contribution >= 4 is 5.91 Å². The van der Waals surface area contributed by atoms with E-state index in [1.54, 1.807) is 0 Å². The summed E-state index contributed by atoms with van der Waals surface area (Å²) in [6, 6.07) is 0.0848. The second-order valence-electron chi connectivity index (χ2n) is 3.85. The molecule has 0 heterocycles. The van der Waals surface area contributed by atoms with Crippen LogP contribution >= 0.6 is 0 Å². The molecule has 0 aliphatic rings. The van der Waals surface area contributed by atoms with Crippen LogP contribution in [-0.4, -0.2) is 36.4 Å². The third kappa shape index (κ3) is 8.39. The van der Waals surface area contributed by atoms with Gasteiger partial charge in [-0.3, -0.25) is 4.79 Å². The molecule has 0 fully saturated rings. The first-order chi connectivity index (χ1) is 7.10. The van der Waals surface area contributed by atoms with Gasteiger partial charge in [0.1, 0.15) is 0 Å². The van der Waals surface area contributed by atoms with Crippen molar-refractivity contribution in [1.29, 1.82) is 0 Å². The number of aliphatic hydroxyl groups excluding tert-OH is 1. The van der Waals surface area contributed by atoms with Gasteiger partial charge in [0.15, 0.2) is 0 Å². The molecule has 0 saturated carbocycles. The van der Waals surface area contributed by atoms with E-state index in [1.165, 1.54) is 0 Å². The van der Waals surface area contributed by atoms with Crippen molar-refractivity contribution in [2.75, 3.05) is 13.2 Å². The van der Waals surface area contributed by atoms with Gasteiger partial charge in [-0.05, 0) is 26.7 Å². The number of nitrogens with one attached hydrogen (secondary N) is 1. The fourth-order valence-electron chi connectivity index (χ4n) is 1.22. The lowest BCUT2D eigenvalue weighted by Gasteiger charge is -2.15. The third-order valence-corrected chi connectivity index (χ3v) is 2.12. The molecule has 4 nitrogen and oxygen atoms in total. The normalized spacial score (nSPS) is 12.9. The Labute approximate surface area is 92.0 Å². The number of aliphatic hydroxyl groups is 1. The van der Waals surface area contributed by atoms with Crippen molar-refractivity contribution in [2.24, 2.45) is 0 Å². The number of carbonyl (C=O) groups excluding carboxylic acids is 1. The summed E-state index contributed by atoms with van der Waals surface area (Å²) in [4.78, 5) is 11.4. The zero-order valence-electron chi connectivity index (χ0n) is 9.95. The Morgan fingerprint density at radius 1 is 1.47 bits per heavy atom. The van der Waals surface area contributed by atoms with E-state index >= 15 is 0 Å². The quantitative estimate of drug-likeness (QED) is 0.639. The lowest BCUT2D eigenvalue weighted by molar-refractivity contribution is -0.123. The smallest absolute Gasteiger partial charge is 0.222 e. The molecule has 4 heteroatoms. The average molecular weight is 217 g/mol. The SMILES string of the molecule is CCC(CCO)NC(=O)CCOC(C)C. The average Bonchev–Trinajstić information content (AvgIpc) is 2.16. The summed E-state index contributed by atoms with van der Waals surface area (Å²) in [6.45, 7) is 6.45. The Kier molecular flexibility index (Phi) is 8.33. The molecule has 0 aromatic rings. The third-order valence-electron chi connectivity index (χ3n) is 2.12. The summed E-state index contributed by atoms with van der Waals surface area (Å²) in [6.07, 6.45) is 2.02. The number of ether oxygens (including phenoxy) is 1. The Hall–Kier alpha value is -0.610. The van der Waals surface area contributed by atoms with Crippen molar-refractivity contribution in [3.05, 3.63) is 0 Å². The molecule has 0 radical (unpaired) electrons. The van der Waals surface area contributed by atoms with Crippen LogP contribution in [0.5, 0.6) is 0 Å². The Bertz CT molecular complexity index is 171. The first-order valence-corrected chi connectivity index (χ1v) is 5.62. The van der Waals surface area contributed by atoms with Crippen LogP contribution < -0.4 is 5.32 Å². The van der Waals surface area contributed by atoms with Gasteiger partial charge in [0.25, 0.3) is 0 Å². The molecule has 0 aromatic heterocycles. The molecular weight excluding hydrogens is 194 g/mol. The summed E-state index contributed by atoms with van der Waals surface area (Å²) in [5.74, 6) is -0.00375. The number of hydrogen-bond donors (Lipinski definition) is 2. The molecule has 15 heavy (non-hydrogen) atoms. The van der Waals surface area contributed by atoms with Crippen molar-refractivity contribution in [2.45, 2.75) is 52.2 Å². The standard InChI is InChI=1S/C11H23NO3/c1-4-10(5-7-13)12-11(14)6-8-15-9(2)3/h9-10,13H,4-8H2,1-3H3,(H,12,14). The molecule has 0 aliphatic carbocycles. The van der Waals surface area contributed by atoms with Crippen LogP contribution in [0.25, 0.3) is 0 Å². The van der Waals surface area contributed by atoms with Crippen LogP contribution in [0.4, 0.5) is 0 Å². The molecule has 0 rings (SSSR count). The van der Waals surface area contributed by atoms with Crippen molar-refractivity contribution in [3.8, 4) is 0 Å². The van der Waals surface area contributed by atoms with Gasteiger partial charge >= 0.3 is 0 Å². The van der Waals surface area contributed by atoms with Gasteiger partial charge in [-0.1, -0.05) is 6.92 Å². The molecule has 1 amide bonds. The zero-order chi connectivity index (χ0) is 11.7. The first kappa shape index (κ1) is 14.4. The minimum Gasteiger partial charge on any atom is -0.396 e. The molecular formula is C11H23NO3. The van der Waals surface area contributed by atoms with Gasteiger partial charge in [0.2, 0.25) is 5.91 Å². The monoisotopic (exact) mass is 217 g/mol. The van der Waals surface area contributed by atoms with E-state index in [0.29, 0.717) is 19.4 Å². The van der Waals surface area contributed by atoms with Crippen LogP contribution in [0.15, 0.2) is 0 Å². The minimum absolute atomic E-state index is 0.00375. The van der Waals surface area contributed by atoms with E-state index in [-0.39, 0.29) is 24.7 Å². The molecule has 1 atom stereocenters. The van der Waals surface area contributed by atoms with Crippen molar-refractivity contribution < 1.29 is 14.6 Å². The highest BCUT2D eigenvalue weighted by atomic mass is 16.5. The molecule has 0 aliphatic heterocycles. The maximum absolute atomic E-state index is 11.4. The Balaban J connectivity index is 3.61. The fraction of sp³-hybridized carbons (Fsp3) is 0.909. The van der Waals surface area contributed by atoms with Crippen LogP contribution in [0.2, 0.25) is 0 Å². The van der Waals surface area contributed by atoms with Gasteiger partial charge < -0.3 is 15.2 Å². The fourth-order valence-corrected chi connectivity index (χ4v) is 1.22. The summed E-state index contributed by atoms with van der Waals surface area (Å²) >= 11 is 0. The van der Waals surface area contributed by atoms with Gasteiger partial charge in [-0.15, -0.1) is 0 Å². The summed E-state index contributed by atoms with van der Waals surface area (Å²) in [7, 11) is 0. The second kappa shape index (κ2) is 8.68. The highest BCUT2D eigenvalue weighted by Gasteiger charge is 2.09. The zero-order valence-corrected chi connectivity index (χ0v) is 9.95. The van der Waals surface area contributed by atoms with Gasteiger partial charge in [0.05, 0.1) is 12.7 Å². The summed E-state index contributed by atoms with van der Waals surface area (Å²) in [5, 5.41) is 11.6. The topological polar surface area (TPSA) is 58.6 Å². The van der Waals surface area contributed by atoms with Crippen LogP contribution in [0, 0.1) is 0 Å². The Morgan fingerprint density at radius 2 is 2.13 bits per heavy atom. The molecule has 0 spiro atoms. The molecule has 0 bridgehead atoms. The minimum atomic E-state index is -0.00375. The second-order valence-corrected chi connectivity index (χ2v) is 3.85. The Morgan fingerprint density at radius 3 is 2.60 bits per heavy atom. The number of hydrogen-bond acceptors (Lipinski definition) is 3. The van der Waals surface area contributed by atoms with Gasteiger partial charge in [-0.2, -0.15) is 0 Å². The largest absolute Gasteiger partial charge is 0.396 e. The van der Waals surface area contributed by atoms with Gasteiger partial charge in [0, 0.05) is 19.1 Å². The van der Waals surface area contributed by atoms with E-state index in [0.717, 1.165) is 6.42 Å². The van der Waals surface area contributed by atoms with Gasteiger partial charge in [-0.25, -0.2) is 0 Å². The van der Waals surface area contributed by atoms with Crippen molar-refractivity contribution in [1.82, 2.24) is 5.32 Å². The number of rotatable bonds is 8. The highest BCUT2D eigenvalue weighted by molar-refractivity contribution is 5.76. The summed E-state index contributed by atoms with van der Waals surface area (Å²) in [5.41, 5.74) is 0. The van der Waals surface area contributed by atoms with E-state index in [2.05, 4.69) is 5.32 Å². The maximum atomic E-state index is 11.4. The van der Waals surface area contributed by atoms with E-state index < -0.39 is 0 Å². The number of carbonyl (C=O) groups is 1. The maximum Gasteiger partial charge on any atom is 0.222 e. The van der Waals surface area contributed by atoms with E-state index in [1.807, 2.05) is 20.8 Å². The molecule has 90 valence electrons. The van der Waals surface area contributed by atoms with Crippen LogP contribution in [0.3, 0.4) is 0 Å². The molecule has 1 unspecified atom stereocenters. The highest BCUT2D eigenvalue weighted by Crippen LogP contribution is 1.98. The number of amides is 1. The lowest BCUT2D eigenvalue weighted by atomic mass is 10.1. The molecule has 0 aromatic carbocycles. The molecule has 2 N–H and O–H groups in total. The predicted molar refractivity (Wildman–Crippen MR) is 59.6 cm³/mol. The van der Waals surface area contributed by atoms with Crippen LogP contribution in [0.1, 0.15) is 40.0 Å². The lowest BCUT2D eigenvalue weighted by Crippen LogP contribution is -2.35. The van der Waals surface area contributed by atoms with Crippen LogP contribution in [-0.2, 0) is 9.53 Å². The predicted octanol–water partition coefficient (Wildman–Crippen LogP) is 1.08. The molecule has 0 saturated heterocycles.